The fourth-order valence-corrected chi connectivity index (χ4v) is 3.71. The van der Waals surface area contributed by atoms with Crippen LogP contribution in [-0.4, -0.2) is 0 Å². The Morgan fingerprint density at radius 1 is 0.615 bits per heavy atom. The minimum atomic E-state index is 1.21. The van der Waals surface area contributed by atoms with Crippen LogP contribution in [0.5, 0.6) is 0 Å². The predicted molar refractivity (Wildman–Crippen MR) is 119 cm³/mol. The second-order valence-corrected chi connectivity index (χ2v) is 7.65. The van der Waals surface area contributed by atoms with Gasteiger partial charge in [-0.2, -0.15) is 0 Å². The van der Waals surface area contributed by atoms with Gasteiger partial charge >= 0.3 is 0 Å². The first-order chi connectivity index (χ1) is 12.9. The highest BCUT2D eigenvalue weighted by molar-refractivity contribution is 5.90. The molecule has 0 unspecified atom stereocenters. The molecule has 0 nitrogen and oxygen atoms in total. The van der Waals surface area contributed by atoms with Gasteiger partial charge in [0, 0.05) is 0 Å². The fourth-order valence-electron chi connectivity index (χ4n) is 3.71. The van der Waals surface area contributed by atoms with Gasteiger partial charge in [-0.1, -0.05) is 132 Å². The number of benzene rings is 2. The van der Waals surface area contributed by atoms with Crippen LogP contribution in [0.15, 0.2) is 48.5 Å². The van der Waals surface area contributed by atoms with Gasteiger partial charge in [0.15, 0.2) is 0 Å². The number of unbranched alkanes of at least 4 members (excludes halogenated alkanes) is 12. The lowest BCUT2D eigenvalue weighted by Gasteiger charge is -2.03. The maximum atomic E-state index is 2.36. The van der Waals surface area contributed by atoms with Crippen molar-refractivity contribution in [3.63, 3.8) is 0 Å². The van der Waals surface area contributed by atoms with Crippen molar-refractivity contribution in [2.24, 2.45) is 0 Å². The van der Waals surface area contributed by atoms with E-state index in [1.54, 1.807) is 0 Å². The molecular weight excluding hydrogens is 312 g/mol. The van der Waals surface area contributed by atoms with Crippen molar-refractivity contribution in [2.45, 2.75) is 90.4 Å². The van der Waals surface area contributed by atoms with Crippen molar-refractivity contribution >= 4 is 16.8 Å². The van der Waals surface area contributed by atoms with Gasteiger partial charge in [0.1, 0.15) is 0 Å². The topological polar surface area (TPSA) is 0 Å². The molecule has 2 aromatic rings. The quantitative estimate of drug-likeness (QED) is 0.298. The van der Waals surface area contributed by atoms with Crippen LogP contribution in [0, 0.1) is 0 Å². The molecule has 0 aliphatic heterocycles. The standard InChI is InChI=1S/C26H38/c1-2-3-4-5-6-7-8-9-10-11-12-13-14-15-19-24-21-18-22-25-20-16-17-23-26(24)25/h15-23H,2-14H2,1H3/b19-15+. The average Bonchev–Trinajstić information content (AvgIpc) is 2.68. The van der Waals surface area contributed by atoms with Crippen molar-refractivity contribution in [1.29, 1.82) is 0 Å². The molecular formula is C26H38. The Kier molecular flexibility index (Phi) is 10.9. The van der Waals surface area contributed by atoms with E-state index in [9.17, 15) is 0 Å². The zero-order chi connectivity index (χ0) is 18.3. The summed E-state index contributed by atoms with van der Waals surface area (Å²) in [5.41, 5.74) is 1.35. The molecule has 0 saturated carbocycles. The molecule has 0 aromatic heterocycles. The molecule has 0 N–H and O–H groups in total. The molecule has 0 heteroatoms. The van der Waals surface area contributed by atoms with Gasteiger partial charge in [0.2, 0.25) is 0 Å². The van der Waals surface area contributed by atoms with Crippen LogP contribution in [0.25, 0.3) is 16.8 Å². The molecule has 26 heavy (non-hydrogen) atoms. The smallest absolute Gasteiger partial charge is 0.0112 e. The predicted octanol–water partition coefficient (Wildman–Crippen LogP) is 8.94. The third-order valence-electron chi connectivity index (χ3n) is 5.35. The summed E-state index contributed by atoms with van der Waals surface area (Å²) >= 11 is 0. The lowest BCUT2D eigenvalue weighted by atomic mass is 10.0. The number of allylic oxidation sites excluding steroid dienone is 1. The first-order valence-electron chi connectivity index (χ1n) is 11.1. The average molecular weight is 351 g/mol. The van der Waals surface area contributed by atoms with Crippen molar-refractivity contribution in [1.82, 2.24) is 0 Å². The molecule has 0 spiro atoms. The highest BCUT2D eigenvalue weighted by Gasteiger charge is 1.96. The van der Waals surface area contributed by atoms with E-state index in [1.165, 1.54) is 99.8 Å². The number of fused-ring (bicyclic) bond motifs is 1. The second-order valence-electron chi connectivity index (χ2n) is 7.65. The summed E-state index contributed by atoms with van der Waals surface area (Å²) in [5, 5.41) is 2.70. The van der Waals surface area contributed by atoms with Crippen molar-refractivity contribution < 1.29 is 0 Å². The van der Waals surface area contributed by atoms with Gasteiger partial charge in [-0.25, -0.2) is 0 Å². The number of rotatable bonds is 14. The lowest BCUT2D eigenvalue weighted by molar-refractivity contribution is 0.545. The maximum absolute atomic E-state index is 2.36. The molecule has 0 fully saturated rings. The van der Waals surface area contributed by atoms with Gasteiger partial charge in [0.25, 0.3) is 0 Å². The number of hydrogen-bond acceptors (Lipinski definition) is 0. The Morgan fingerprint density at radius 2 is 1.19 bits per heavy atom. The molecule has 2 rings (SSSR count). The molecule has 0 amide bonds. The molecule has 2 aromatic carbocycles. The Labute approximate surface area is 161 Å². The van der Waals surface area contributed by atoms with E-state index in [1.807, 2.05) is 0 Å². The van der Waals surface area contributed by atoms with Crippen LogP contribution in [0.3, 0.4) is 0 Å². The van der Waals surface area contributed by atoms with E-state index in [2.05, 4.69) is 61.5 Å². The van der Waals surface area contributed by atoms with E-state index in [0.29, 0.717) is 0 Å². The van der Waals surface area contributed by atoms with E-state index in [0.717, 1.165) is 0 Å². The molecule has 0 saturated heterocycles. The molecule has 0 heterocycles. The summed E-state index contributed by atoms with van der Waals surface area (Å²) in [5.74, 6) is 0. The first kappa shape index (κ1) is 20.7. The van der Waals surface area contributed by atoms with Crippen LogP contribution in [0.1, 0.15) is 96.0 Å². The second kappa shape index (κ2) is 13.6. The summed E-state index contributed by atoms with van der Waals surface area (Å²) in [6.07, 6.45) is 22.9. The molecule has 0 radical (unpaired) electrons. The van der Waals surface area contributed by atoms with E-state index < -0.39 is 0 Å². The molecule has 0 aliphatic rings. The number of hydrogen-bond donors (Lipinski definition) is 0. The van der Waals surface area contributed by atoms with Crippen LogP contribution in [0.2, 0.25) is 0 Å². The highest BCUT2D eigenvalue weighted by Crippen LogP contribution is 2.20. The first-order valence-corrected chi connectivity index (χ1v) is 11.1. The van der Waals surface area contributed by atoms with E-state index in [-0.39, 0.29) is 0 Å². The summed E-state index contributed by atoms with van der Waals surface area (Å²) in [7, 11) is 0. The Morgan fingerprint density at radius 3 is 1.88 bits per heavy atom. The van der Waals surface area contributed by atoms with Crippen molar-refractivity contribution in [3.8, 4) is 0 Å². The van der Waals surface area contributed by atoms with Crippen LogP contribution in [0.4, 0.5) is 0 Å². The molecule has 0 atom stereocenters. The monoisotopic (exact) mass is 350 g/mol. The molecule has 0 bridgehead atoms. The SMILES string of the molecule is CCCCCCCCCCCCCC/C=C/c1cccc2ccccc12. The Bertz CT molecular complexity index is 617. The zero-order valence-electron chi connectivity index (χ0n) is 16.9. The van der Waals surface area contributed by atoms with Gasteiger partial charge in [0.05, 0.1) is 0 Å². The highest BCUT2D eigenvalue weighted by atomic mass is 14.0. The normalized spacial score (nSPS) is 11.6. The van der Waals surface area contributed by atoms with E-state index >= 15 is 0 Å². The van der Waals surface area contributed by atoms with Crippen LogP contribution < -0.4 is 0 Å². The summed E-state index contributed by atoms with van der Waals surface area (Å²) in [6, 6.07) is 15.2. The summed E-state index contributed by atoms with van der Waals surface area (Å²) in [4.78, 5) is 0. The Balaban J connectivity index is 1.48. The van der Waals surface area contributed by atoms with Crippen LogP contribution in [-0.2, 0) is 0 Å². The van der Waals surface area contributed by atoms with Crippen molar-refractivity contribution in [2.75, 3.05) is 0 Å². The Hall–Kier alpha value is -1.56. The van der Waals surface area contributed by atoms with Crippen molar-refractivity contribution in [3.05, 3.63) is 54.1 Å². The molecule has 0 aliphatic carbocycles. The fraction of sp³-hybridized carbons (Fsp3) is 0.538. The van der Waals surface area contributed by atoms with Gasteiger partial charge in [-0.15, -0.1) is 0 Å². The third-order valence-corrected chi connectivity index (χ3v) is 5.35. The van der Waals surface area contributed by atoms with Gasteiger partial charge in [-0.05, 0) is 29.2 Å². The lowest BCUT2D eigenvalue weighted by Crippen LogP contribution is -1.82. The summed E-state index contributed by atoms with van der Waals surface area (Å²) in [6.45, 7) is 2.29. The summed E-state index contributed by atoms with van der Waals surface area (Å²) < 4.78 is 0. The van der Waals surface area contributed by atoms with Crippen LogP contribution >= 0.6 is 0 Å². The minimum absolute atomic E-state index is 1.21. The third kappa shape index (κ3) is 8.21. The van der Waals surface area contributed by atoms with Gasteiger partial charge in [-0.3, -0.25) is 0 Å². The largest absolute Gasteiger partial charge is 0.0839 e. The zero-order valence-corrected chi connectivity index (χ0v) is 16.9. The molecule has 142 valence electrons. The minimum Gasteiger partial charge on any atom is -0.0839 e. The maximum Gasteiger partial charge on any atom is -0.0112 e. The van der Waals surface area contributed by atoms with E-state index in [4.69, 9.17) is 0 Å². The van der Waals surface area contributed by atoms with Gasteiger partial charge < -0.3 is 0 Å².